The zero-order valence-corrected chi connectivity index (χ0v) is 7.34. The van der Waals surface area contributed by atoms with E-state index in [2.05, 4.69) is 5.32 Å². The average Bonchev–Trinajstić information content (AvgIpc) is 2.06. The van der Waals surface area contributed by atoms with Gasteiger partial charge in [-0.2, -0.15) is 0 Å². The summed E-state index contributed by atoms with van der Waals surface area (Å²) in [5, 5.41) is 3.09. The Bertz CT molecular complexity index is 143. The van der Waals surface area contributed by atoms with E-state index < -0.39 is 0 Å². The quantitative estimate of drug-likeness (QED) is 0.622. The van der Waals surface area contributed by atoms with Crippen LogP contribution in [-0.4, -0.2) is 32.0 Å². The molecule has 1 aliphatic rings. The highest BCUT2D eigenvalue weighted by Gasteiger charge is 2.16. The highest BCUT2D eigenvalue weighted by molar-refractivity contribution is 5.69. The molecule has 70 valence electrons. The van der Waals surface area contributed by atoms with Crippen molar-refractivity contribution in [3.63, 3.8) is 0 Å². The molecule has 0 aromatic rings. The second-order valence-corrected chi connectivity index (χ2v) is 2.68. The van der Waals surface area contributed by atoms with Crippen LogP contribution < -0.4 is 5.32 Å². The smallest absolute Gasteiger partial charge is 0.309 e. The van der Waals surface area contributed by atoms with Crippen LogP contribution in [0.3, 0.4) is 0 Å². The molecule has 1 saturated heterocycles. The minimum Gasteiger partial charge on any atom is -0.466 e. The van der Waals surface area contributed by atoms with Gasteiger partial charge in [0, 0.05) is 6.61 Å². The van der Waals surface area contributed by atoms with Crippen molar-refractivity contribution in [2.45, 2.75) is 26.0 Å². The molecule has 12 heavy (non-hydrogen) atoms. The predicted molar refractivity (Wildman–Crippen MR) is 43.6 cm³/mol. The van der Waals surface area contributed by atoms with Crippen molar-refractivity contribution in [1.29, 1.82) is 0 Å². The van der Waals surface area contributed by atoms with Gasteiger partial charge in [0.2, 0.25) is 0 Å². The van der Waals surface area contributed by atoms with E-state index in [0.717, 1.165) is 19.6 Å². The molecule has 4 nitrogen and oxygen atoms in total. The molecular formula is C8H15NO3. The van der Waals surface area contributed by atoms with Crippen molar-refractivity contribution in [3.8, 4) is 0 Å². The number of esters is 1. The van der Waals surface area contributed by atoms with Gasteiger partial charge in [0.15, 0.2) is 0 Å². The van der Waals surface area contributed by atoms with E-state index in [0.29, 0.717) is 13.0 Å². The summed E-state index contributed by atoms with van der Waals surface area (Å²) < 4.78 is 10.1. The van der Waals surface area contributed by atoms with E-state index in [9.17, 15) is 4.79 Å². The topological polar surface area (TPSA) is 47.6 Å². The zero-order chi connectivity index (χ0) is 8.81. The molecule has 0 aliphatic carbocycles. The van der Waals surface area contributed by atoms with Crippen LogP contribution in [0.2, 0.25) is 0 Å². The van der Waals surface area contributed by atoms with Gasteiger partial charge in [-0.1, -0.05) is 0 Å². The minimum atomic E-state index is -0.197. The summed E-state index contributed by atoms with van der Waals surface area (Å²) in [5.41, 5.74) is 0. The molecule has 1 rings (SSSR count). The third-order valence-electron chi connectivity index (χ3n) is 1.67. The lowest BCUT2D eigenvalue weighted by Gasteiger charge is -2.23. The zero-order valence-electron chi connectivity index (χ0n) is 7.34. The molecule has 0 amide bonds. The Balaban J connectivity index is 2.15. The first-order valence-corrected chi connectivity index (χ1v) is 4.33. The number of nitrogens with one attached hydrogen (secondary N) is 1. The summed E-state index contributed by atoms with van der Waals surface area (Å²) in [6.07, 6.45) is 1.19. The average molecular weight is 173 g/mol. The number of ether oxygens (including phenoxy) is 2. The van der Waals surface area contributed by atoms with Crippen LogP contribution in [0, 0.1) is 0 Å². The summed E-state index contributed by atoms with van der Waals surface area (Å²) in [6.45, 7) is 3.89. The van der Waals surface area contributed by atoms with Gasteiger partial charge in [0.25, 0.3) is 0 Å². The Hall–Kier alpha value is -0.610. The van der Waals surface area contributed by atoms with Gasteiger partial charge in [0.05, 0.1) is 13.0 Å². The highest BCUT2D eigenvalue weighted by Crippen LogP contribution is 2.02. The van der Waals surface area contributed by atoms with Crippen LogP contribution >= 0.6 is 0 Å². The monoisotopic (exact) mass is 173 g/mol. The Morgan fingerprint density at radius 2 is 2.58 bits per heavy atom. The van der Waals surface area contributed by atoms with E-state index in [1.165, 1.54) is 0 Å². The van der Waals surface area contributed by atoms with E-state index in [1.54, 1.807) is 6.92 Å². The Morgan fingerprint density at radius 1 is 1.75 bits per heavy atom. The van der Waals surface area contributed by atoms with E-state index in [1.807, 2.05) is 0 Å². The lowest BCUT2D eigenvalue weighted by molar-refractivity contribution is -0.147. The van der Waals surface area contributed by atoms with Gasteiger partial charge < -0.3 is 9.47 Å². The molecule has 0 saturated carbocycles. The maximum absolute atomic E-state index is 11.0. The van der Waals surface area contributed by atoms with Crippen molar-refractivity contribution in [2.75, 3.05) is 19.8 Å². The molecule has 1 unspecified atom stereocenters. The predicted octanol–water partition coefficient (Wildman–Crippen LogP) is 0.276. The van der Waals surface area contributed by atoms with Crippen LogP contribution in [0.5, 0.6) is 0 Å². The fourth-order valence-corrected chi connectivity index (χ4v) is 1.12. The van der Waals surface area contributed by atoms with Crippen molar-refractivity contribution < 1.29 is 14.3 Å². The highest BCUT2D eigenvalue weighted by atomic mass is 16.5. The van der Waals surface area contributed by atoms with Gasteiger partial charge in [-0.3, -0.25) is 10.1 Å². The second-order valence-electron chi connectivity index (χ2n) is 2.68. The maximum Gasteiger partial charge on any atom is 0.309 e. The van der Waals surface area contributed by atoms with E-state index in [4.69, 9.17) is 9.47 Å². The largest absolute Gasteiger partial charge is 0.466 e. The lowest BCUT2D eigenvalue weighted by Crippen LogP contribution is -2.39. The fraction of sp³-hybridized carbons (Fsp3) is 0.875. The first-order valence-electron chi connectivity index (χ1n) is 4.33. The SMILES string of the molecule is CCOC(=O)CC1NCCCO1. The van der Waals surface area contributed by atoms with Crippen LogP contribution in [-0.2, 0) is 14.3 Å². The van der Waals surface area contributed by atoms with Crippen molar-refractivity contribution >= 4 is 5.97 Å². The van der Waals surface area contributed by atoms with Crippen LogP contribution in [0.15, 0.2) is 0 Å². The maximum atomic E-state index is 11.0. The molecule has 0 aromatic heterocycles. The Labute approximate surface area is 72.2 Å². The molecular weight excluding hydrogens is 158 g/mol. The molecule has 1 N–H and O–H groups in total. The van der Waals surface area contributed by atoms with Crippen LogP contribution in [0.1, 0.15) is 19.8 Å². The third-order valence-corrected chi connectivity index (χ3v) is 1.67. The van der Waals surface area contributed by atoms with Gasteiger partial charge in [-0.05, 0) is 19.9 Å². The molecule has 4 heteroatoms. The lowest BCUT2D eigenvalue weighted by atomic mass is 10.3. The van der Waals surface area contributed by atoms with Gasteiger partial charge in [-0.25, -0.2) is 0 Å². The van der Waals surface area contributed by atoms with E-state index in [-0.39, 0.29) is 12.2 Å². The summed E-state index contributed by atoms with van der Waals surface area (Å²) in [7, 11) is 0. The summed E-state index contributed by atoms with van der Waals surface area (Å²) in [5.74, 6) is -0.197. The molecule has 0 radical (unpaired) electrons. The van der Waals surface area contributed by atoms with Gasteiger partial charge in [-0.15, -0.1) is 0 Å². The number of carbonyl (C=O) groups excluding carboxylic acids is 1. The number of rotatable bonds is 3. The normalized spacial score (nSPS) is 23.6. The molecule has 1 atom stereocenters. The second kappa shape index (κ2) is 5.11. The van der Waals surface area contributed by atoms with Gasteiger partial charge in [0.1, 0.15) is 6.23 Å². The molecule has 1 fully saturated rings. The molecule has 0 bridgehead atoms. The Morgan fingerprint density at radius 3 is 3.17 bits per heavy atom. The fourth-order valence-electron chi connectivity index (χ4n) is 1.12. The Kier molecular flexibility index (Phi) is 4.04. The van der Waals surface area contributed by atoms with Gasteiger partial charge >= 0.3 is 5.97 Å². The molecule has 0 aromatic carbocycles. The van der Waals surface area contributed by atoms with E-state index >= 15 is 0 Å². The van der Waals surface area contributed by atoms with Crippen LogP contribution in [0.4, 0.5) is 0 Å². The van der Waals surface area contributed by atoms with Crippen molar-refractivity contribution in [2.24, 2.45) is 0 Å². The number of hydrogen-bond acceptors (Lipinski definition) is 4. The van der Waals surface area contributed by atoms with Crippen LogP contribution in [0.25, 0.3) is 0 Å². The van der Waals surface area contributed by atoms with Crippen molar-refractivity contribution in [1.82, 2.24) is 5.32 Å². The number of hydrogen-bond donors (Lipinski definition) is 1. The molecule has 1 heterocycles. The summed E-state index contributed by atoms with van der Waals surface area (Å²) in [4.78, 5) is 11.0. The molecule has 0 spiro atoms. The third kappa shape index (κ3) is 3.19. The first kappa shape index (κ1) is 9.48. The summed E-state index contributed by atoms with van der Waals surface area (Å²) in [6, 6.07) is 0. The number of carbonyl (C=O) groups is 1. The summed E-state index contributed by atoms with van der Waals surface area (Å²) >= 11 is 0. The standard InChI is InChI=1S/C8H15NO3/c1-2-11-8(10)6-7-9-4-3-5-12-7/h7,9H,2-6H2,1H3. The molecule has 1 aliphatic heterocycles. The minimum absolute atomic E-state index is 0.141. The first-order chi connectivity index (χ1) is 5.83. The van der Waals surface area contributed by atoms with Crippen molar-refractivity contribution in [3.05, 3.63) is 0 Å².